The normalized spacial score (nSPS) is 25.7. The van der Waals surface area contributed by atoms with Gasteiger partial charge in [-0.25, -0.2) is 0 Å². The largest absolute Gasteiger partial charge is 0.342 e. The maximum absolute atomic E-state index is 12.6. The van der Waals surface area contributed by atoms with Crippen molar-refractivity contribution in [3.05, 3.63) is 33.8 Å². The van der Waals surface area contributed by atoms with Gasteiger partial charge in [-0.3, -0.25) is 4.79 Å². The van der Waals surface area contributed by atoms with E-state index in [1.165, 1.54) is 0 Å². The molecular weight excluding hydrogens is 307 g/mol. The Morgan fingerprint density at radius 2 is 2.00 bits per heavy atom. The third kappa shape index (κ3) is 3.05. The van der Waals surface area contributed by atoms with Gasteiger partial charge in [-0.15, -0.1) is 0 Å². The molecule has 1 aliphatic carbocycles. The maximum atomic E-state index is 12.6. The molecule has 3 rings (SSSR count). The first-order valence-electron chi connectivity index (χ1n) is 7.51. The van der Waals surface area contributed by atoms with Crippen LogP contribution in [0.2, 0.25) is 10.0 Å². The molecule has 2 fully saturated rings. The van der Waals surface area contributed by atoms with E-state index in [1.54, 1.807) is 6.07 Å². The first kappa shape index (κ1) is 15.1. The molecule has 3 nitrogen and oxygen atoms in total. The zero-order chi connectivity index (χ0) is 15.0. The van der Waals surface area contributed by atoms with Gasteiger partial charge in [0.05, 0.1) is 10.0 Å². The molecule has 1 saturated heterocycles. The topological polar surface area (TPSA) is 32.3 Å². The highest BCUT2D eigenvalue weighted by atomic mass is 35.5. The molecule has 114 valence electrons. The Morgan fingerprint density at radius 3 is 2.71 bits per heavy atom. The Kier molecular flexibility index (Phi) is 4.43. The van der Waals surface area contributed by atoms with Crippen molar-refractivity contribution in [2.45, 2.75) is 31.2 Å². The van der Waals surface area contributed by atoms with Gasteiger partial charge in [-0.2, -0.15) is 0 Å². The minimum absolute atomic E-state index is 0.0702. The SMILES string of the molecule is CN(C(=O)[C@H]1C[C@@H]1c1cccc(Cl)c1Cl)C1CCNCC1. The van der Waals surface area contributed by atoms with Crippen molar-refractivity contribution >= 4 is 29.1 Å². The molecule has 2 atom stereocenters. The van der Waals surface area contributed by atoms with E-state index < -0.39 is 0 Å². The van der Waals surface area contributed by atoms with Gasteiger partial charge >= 0.3 is 0 Å². The summed E-state index contributed by atoms with van der Waals surface area (Å²) in [6.07, 6.45) is 2.96. The fraction of sp³-hybridized carbons (Fsp3) is 0.562. The lowest BCUT2D eigenvalue weighted by molar-refractivity contribution is -0.133. The van der Waals surface area contributed by atoms with Gasteiger partial charge in [0.15, 0.2) is 0 Å². The van der Waals surface area contributed by atoms with Gasteiger partial charge in [0.2, 0.25) is 5.91 Å². The van der Waals surface area contributed by atoms with Crippen molar-refractivity contribution < 1.29 is 4.79 Å². The number of hydrogen-bond donors (Lipinski definition) is 1. The van der Waals surface area contributed by atoms with E-state index in [9.17, 15) is 4.79 Å². The number of nitrogens with zero attached hydrogens (tertiary/aromatic N) is 1. The Morgan fingerprint density at radius 1 is 1.29 bits per heavy atom. The van der Waals surface area contributed by atoms with E-state index in [2.05, 4.69) is 5.32 Å². The molecule has 21 heavy (non-hydrogen) atoms. The molecule has 1 heterocycles. The summed E-state index contributed by atoms with van der Waals surface area (Å²) in [6.45, 7) is 1.99. The molecule has 1 N–H and O–H groups in total. The van der Waals surface area contributed by atoms with Crippen LogP contribution in [0.25, 0.3) is 0 Å². The quantitative estimate of drug-likeness (QED) is 0.924. The van der Waals surface area contributed by atoms with Crippen molar-refractivity contribution in [3.8, 4) is 0 Å². The second-order valence-electron chi connectivity index (χ2n) is 6.02. The molecule has 1 amide bonds. The van der Waals surface area contributed by atoms with Gasteiger partial charge in [-0.05, 0) is 49.9 Å². The van der Waals surface area contributed by atoms with Crippen LogP contribution in [0.1, 0.15) is 30.7 Å². The van der Waals surface area contributed by atoms with Crippen LogP contribution in [0.4, 0.5) is 0 Å². The molecule has 5 heteroatoms. The molecular formula is C16H20Cl2N2O. The lowest BCUT2D eigenvalue weighted by Gasteiger charge is -2.32. The lowest BCUT2D eigenvalue weighted by Crippen LogP contribution is -2.44. The predicted octanol–water partition coefficient (Wildman–Crippen LogP) is 3.31. The van der Waals surface area contributed by atoms with E-state index in [0.717, 1.165) is 37.9 Å². The highest BCUT2D eigenvalue weighted by Crippen LogP contribution is 2.51. The van der Waals surface area contributed by atoms with Crippen LogP contribution in [-0.2, 0) is 4.79 Å². The number of carbonyl (C=O) groups is 1. The molecule has 1 aliphatic heterocycles. The Balaban J connectivity index is 1.66. The first-order valence-corrected chi connectivity index (χ1v) is 8.26. The van der Waals surface area contributed by atoms with Crippen LogP contribution in [0, 0.1) is 5.92 Å². The summed E-state index contributed by atoms with van der Waals surface area (Å²) in [4.78, 5) is 14.6. The lowest BCUT2D eigenvalue weighted by atomic mass is 10.0. The minimum atomic E-state index is 0.0702. The van der Waals surface area contributed by atoms with Crippen LogP contribution >= 0.6 is 23.2 Å². The second-order valence-corrected chi connectivity index (χ2v) is 6.81. The number of amides is 1. The zero-order valence-electron chi connectivity index (χ0n) is 12.1. The third-order valence-electron chi connectivity index (χ3n) is 4.69. The van der Waals surface area contributed by atoms with Gasteiger partial charge in [-0.1, -0.05) is 35.3 Å². The number of benzene rings is 1. The van der Waals surface area contributed by atoms with Crippen LogP contribution in [0.5, 0.6) is 0 Å². The van der Waals surface area contributed by atoms with Crippen molar-refractivity contribution in [2.75, 3.05) is 20.1 Å². The molecule has 0 radical (unpaired) electrons. The summed E-state index contributed by atoms with van der Waals surface area (Å²) in [5.74, 6) is 0.552. The van der Waals surface area contributed by atoms with Crippen LogP contribution in [0.3, 0.4) is 0 Å². The number of carbonyl (C=O) groups excluding carboxylic acids is 1. The summed E-state index contributed by atoms with van der Waals surface area (Å²) in [6, 6.07) is 6.04. The highest BCUT2D eigenvalue weighted by molar-refractivity contribution is 6.42. The summed E-state index contributed by atoms with van der Waals surface area (Å²) in [5.41, 5.74) is 1.02. The van der Waals surface area contributed by atoms with E-state index in [4.69, 9.17) is 23.2 Å². The third-order valence-corrected chi connectivity index (χ3v) is 5.53. The van der Waals surface area contributed by atoms with Crippen LogP contribution in [0.15, 0.2) is 18.2 Å². The smallest absolute Gasteiger partial charge is 0.226 e. The Bertz CT molecular complexity index is 543. The maximum Gasteiger partial charge on any atom is 0.226 e. The van der Waals surface area contributed by atoms with E-state index in [0.29, 0.717) is 16.1 Å². The fourth-order valence-electron chi connectivity index (χ4n) is 3.25. The van der Waals surface area contributed by atoms with E-state index >= 15 is 0 Å². The fourth-order valence-corrected chi connectivity index (χ4v) is 3.70. The van der Waals surface area contributed by atoms with Crippen molar-refractivity contribution in [1.29, 1.82) is 0 Å². The van der Waals surface area contributed by atoms with Gasteiger partial charge in [0.1, 0.15) is 0 Å². The average Bonchev–Trinajstić information content (AvgIpc) is 3.30. The predicted molar refractivity (Wildman–Crippen MR) is 86.0 cm³/mol. The molecule has 0 spiro atoms. The zero-order valence-corrected chi connectivity index (χ0v) is 13.6. The summed E-state index contributed by atoms with van der Waals surface area (Å²) >= 11 is 12.3. The van der Waals surface area contributed by atoms with E-state index in [-0.39, 0.29) is 17.7 Å². The molecule has 1 aromatic rings. The highest BCUT2D eigenvalue weighted by Gasteiger charge is 2.47. The van der Waals surface area contributed by atoms with Crippen molar-refractivity contribution in [1.82, 2.24) is 10.2 Å². The summed E-state index contributed by atoms with van der Waals surface area (Å²) in [5, 5.41) is 4.50. The van der Waals surface area contributed by atoms with Crippen LogP contribution in [-0.4, -0.2) is 37.0 Å². The first-order chi connectivity index (χ1) is 10.1. The monoisotopic (exact) mass is 326 g/mol. The van der Waals surface area contributed by atoms with Gasteiger partial charge in [0, 0.05) is 19.0 Å². The van der Waals surface area contributed by atoms with E-state index in [1.807, 2.05) is 24.1 Å². The molecule has 1 aromatic carbocycles. The second kappa shape index (κ2) is 6.15. The number of hydrogen-bond acceptors (Lipinski definition) is 2. The summed E-state index contributed by atoms with van der Waals surface area (Å²) in [7, 11) is 1.94. The molecule has 2 aliphatic rings. The van der Waals surface area contributed by atoms with Crippen LogP contribution < -0.4 is 5.32 Å². The Hall–Kier alpha value is -0.770. The number of nitrogens with one attached hydrogen (secondary N) is 1. The molecule has 0 aromatic heterocycles. The summed E-state index contributed by atoms with van der Waals surface area (Å²) < 4.78 is 0. The van der Waals surface area contributed by atoms with Gasteiger partial charge < -0.3 is 10.2 Å². The minimum Gasteiger partial charge on any atom is -0.342 e. The number of rotatable bonds is 3. The van der Waals surface area contributed by atoms with Gasteiger partial charge in [0.25, 0.3) is 0 Å². The molecule has 0 unspecified atom stereocenters. The molecule has 0 bridgehead atoms. The standard InChI is InChI=1S/C16H20Cl2N2O/c1-20(10-5-7-19-8-6-10)16(21)13-9-12(13)11-3-2-4-14(17)15(11)18/h2-4,10,12-13,19H,5-9H2,1H3/t12-,13+/m1/s1. The average molecular weight is 327 g/mol. The van der Waals surface area contributed by atoms with Crippen molar-refractivity contribution in [2.24, 2.45) is 5.92 Å². The van der Waals surface area contributed by atoms with Crippen molar-refractivity contribution in [3.63, 3.8) is 0 Å². The molecule has 1 saturated carbocycles. The Labute approximate surface area is 135 Å². The number of piperidine rings is 1. The number of halogens is 2.